The number of amides is 1. The first kappa shape index (κ1) is 24.3. The number of methoxy groups -OCH3 is 1. The van der Waals surface area contributed by atoms with Crippen LogP contribution in [0.25, 0.3) is 5.69 Å². The number of benzene rings is 2. The summed E-state index contributed by atoms with van der Waals surface area (Å²) in [5, 5.41) is 3.27. The summed E-state index contributed by atoms with van der Waals surface area (Å²) in [6.45, 7) is 3.69. The molecule has 0 aliphatic rings. The van der Waals surface area contributed by atoms with Crippen molar-refractivity contribution in [3.8, 4) is 5.69 Å². The van der Waals surface area contributed by atoms with Crippen LogP contribution in [0.4, 0.5) is 11.8 Å². The van der Waals surface area contributed by atoms with E-state index in [2.05, 4.69) is 10.3 Å². The number of imidazole rings is 1. The summed E-state index contributed by atoms with van der Waals surface area (Å²) in [6, 6.07) is 15.7. The van der Waals surface area contributed by atoms with Gasteiger partial charge in [0.1, 0.15) is 5.60 Å². The van der Waals surface area contributed by atoms with E-state index in [1.54, 1.807) is 61.7 Å². The third-order valence-corrected chi connectivity index (χ3v) is 4.92. The van der Waals surface area contributed by atoms with Crippen molar-refractivity contribution >= 4 is 35.2 Å². The molecule has 33 heavy (non-hydrogen) atoms. The predicted octanol–water partition coefficient (Wildman–Crippen LogP) is 4.43. The van der Waals surface area contributed by atoms with Gasteiger partial charge in [0, 0.05) is 37.5 Å². The summed E-state index contributed by atoms with van der Waals surface area (Å²) in [4.78, 5) is 32.7. The molecule has 9 heteroatoms. The summed E-state index contributed by atoms with van der Waals surface area (Å²) in [6.07, 6.45) is 0. The second-order valence-electron chi connectivity index (χ2n) is 8.22. The first-order valence-electron chi connectivity index (χ1n) is 10.3. The van der Waals surface area contributed by atoms with Crippen LogP contribution < -0.4 is 10.2 Å². The Kier molecular flexibility index (Phi) is 7.40. The molecule has 8 nitrogen and oxygen atoms in total. The van der Waals surface area contributed by atoms with Crippen LogP contribution in [0.1, 0.15) is 34.7 Å². The maximum atomic E-state index is 13.4. The van der Waals surface area contributed by atoms with E-state index in [0.717, 1.165) is 0 Å². The number of carbonyl (C=O) groups excluding carboxylic acids is 2. The van der Waals surface area contributed by atoms with Crippen LogP contribution in [0, 0.1) is 0 Å². The molecular weight excluding hydrogens is 444 g/mol. The minimum absolute atomic E-state index is 0.0840. The molecule has 3 rings (SSSR count). The van der Waals surface area contributed by atoms with Crippen molar-refractivity contribution in [1.29, 1.82) is 0 Å². The molecule has 0 atom stereocenters. The SMILES string of the molecule is COCC(C)(C)OC(=O)c1c(NC(=O)c2ccc(Cl)cc2)nc(N(C)C)n1-c1ccccc1. The summed E-state index contributed by atoms with van der Waals surface area (Å²) >= 11 is 5.93. The summed E-state index contributed by atoms with van der Waals surface area (Å²) in [5.74, 6) is -0.544. The molecule has 0 saturated heterocycles. The van der Waals surface area contributed by atoms with Crippen LogP contribution in [0.3, 0.4) is 0 Å². The number of carbonyl (C=O) groups is 2. The quantitative estimate of drug-likeness (QED) is 0.490. The zero-order chi connectivity index (χ0) is 24.2. The molecule has 0 bridgehead atoms. The molecule has 0 aliphatic carbocycles. The van der Waals surface area contributed by atoms with Crippen LogP contribution in [0.15, 0.2) is 54.6 Å². The second-order valence-corrected chi connectivity index (χ2v) is 8.65. The Hall–Kier alpha value is -3.36. The van der Waals surface area contributed by atoms with Gasteiger partial charge in [0.2, 0.25) is 5.95 Å². The van der Waals surface area contributed by atoms with Gasteiger partial charge in [-0.1, -0.05) is 29.8 Å². The fraction of sp³-hybridized carbons (Fsp3) is 0.292. The predicted molar refractivity (Wildman–Crippen MR) is 129 cm³/mol. The van der Waals surface area contributed by atoms with Crippen LogP contribution in [-0.2, 0) is 9.47 Å². The molecule has 0 spiro atoms. The maximum absolute atomic E-state index is 13.4. The van der Waals surface area contributed by atoms with Crippen LogP contribution in [0.2, 0.25) is 5.02 Å². The molecule has 0 radical (unpaired) electrons. The largest absolute Gasteiger partial charge is 0.452 e. The van der Waals surface area contributed by atoms with Gasteiger partial charge < -0.3 is 19.7 Å². The van der Waals surface area contributed by atoms with E-state index in [-0.39, 0.29) is 18.1 Å². The zero-order valence-corrected chi connectivity index (χ0v) is 20.0. The van der Waals surface area contributed by atoms with E-state index in [1.165, 1.54) is 7.11 Å². The molecular formula is C24H27ClN4O4. The van der Waals surface area contributed by atoms with Crippen molar-refractivity contribution in [2.45, 2.75) is 19.4 Å². The molecule has 0 fully saturated rings. The summed E-state index contributed by atoms with van der Waals surface area (Å²) < 4.78 is 12.6. The molecule has 1 amide bonds. The van der Waals surface area contributed by atoms with Gasteiger partial charge in [0.25, 0.3) is 5.91 Å². The Bertz CT molecular complexity index is 1130. The topological polar surface area (TPSA) is 85.7 Å². The van der Waals surface area contributed by atoms with Crippen LogP contribution >= 0.6 is 11.6 Å². The van der Waals surface area contributed by atoms with Crippen LogP contribution in [-0.4, -0.2) is 54.8 Å². The number of esters is 1. The summed E-state index contributed by atoms with van der Waals surface area (Å²) in [5.41, 5.74) is 0.264. The highest BCUT2D eigenvalue weighted by atomic mass is 35.5. The Morgan fingerprint density at radius 1 is 1.09 bits per heavy atom. The zero-order valence-electron chi connectivity index (χ0n) is 19.3. The van der Waals surface area contributed by atoms with E-state index in [4.69, 9.17) is 21.1 Å². The molecule has 0 aliphatic heterocycles. The summed E-state index contributed by atoms with van der Waals surface area (Å²) in [7, 11) is 5.14. The molecule has 3 aromatic rings. The highest BCUT2D eigenvalue weighted by Gasteiger charge is 2.32. The van der Waals surface area contributed by atoms with Crippen LogP contribution in [0.5, 0.6) is 0 Å². The van der Waals surface area contributed by atoms with Gasteiger partial charge in [-0.3, -0.25) is 9.36 Å². The van der Waals surface area contributed by atoms with E-state index in [0.29, 0.717) is 22.2 Å². The van der Waals surface area contributed by atoms with Gasteiger partial charge >= 0.3 is 5.97 Å². The van der Waals surface area contributed by atoms with Gasteiger partial charge in [-0.05, 0) is 50.2 Å². The molecule has 1 N–H and O–H groups in total. The van der Waals surface area contributed by atoms with Gasteiger partial charge in [-0.25, -0.2) is 4.79 Å². The molecule has 2 aromatic carbocycles. The standard InChI is InChI=1S/C24H27ClN4O4/c1-24(2,15-32-5)33-22(31)19-20(26-21(30)16-11-13-17(25)14-12-16)27-23(28(3)4)29(19)18-9-7-6-8-10-18/h6-14H,15H2,1-5H3,(H,26,30). The lowest BCUT2D eigenvalue weighted by atomic mass is 10.1. The number of hydrogen-bond donors (Lipinski definition) is 1. The Balaban J connectivity index is 2.12. The lowest BCUT2D eigenvalue weighted by Crippen LogP contribution is -2.34. The van der Waals surface area contributed by atoms with E-state index in [9.17, 15) is 9.59 Å². The highest BCUT2D eigenvalue weighted by molar-refractivity contribution is 6.30. The number of halogens is 1. The molecule has 0 saturated carbocycles. The Morgan fingerprint density at radius 3 is 2.30 bits per heavy atom. The van der Waals surface area contributed by atoms with Gasteiger partial charge in [-0.2, -0.15) is 4.98 Å². The van der Waals surface area contributed by atoms with Crippen molar-refractivity contribution in [3.63, 3.8) is 0 Å². The van der Waals surface area contributed by atoms with Crippen molar-refractivity contribution in [3.05, 3.63) is 70.9 Å². The Labute approximate surface area is 198 Å². The minimum Gasteiger partial charge on any atom is -0.452 e. The number of hydrogen-bond acceptors (Lipinski definition) is 6. The van der Waals surface area contributed by atoms with Gasteiger partial charge in [0.05, 0.1) is 6.61 Å². The lowest BCUT2D eigenvalue weighted by Gasteiger charge is -2.25. The smallest absolute Gasteiger partial charge is 0.359 e. The van der Waals surface area contributed by atoms with Crippen molar-refractivity contribution in [1.82, 2.24) is 9.55 Å². The van der Waals surface area contributed by atoms with E-state index < -0.39 is 17.5 Å². The average molecular weight is 471 g/mol. The third kappa shape index (κ3) is 5.71. The number of anilines is 2. The monoisotopic (exact) mass is 470 g/mol. The third-order valence-electron chi connectivity index (χ3n) is 4.67. The first-order valence-corrected chi connectivity index (χ1v) is 10.7. The average Bonchev–Trinajstić information content (AvgIpc) is 3.14. The number of rotatable bonds is 8. The molecule has 174 valence electrons. The molecule has 0 unspecified atom stereocenters. The normalized spacial score (nSPS) is 11.2. The van der Waals surface area contributed by atoms with Crippen molar-refractivity contribution < 1.29 is 19.1 Å². The number of para-hydroxylation sites is 1. The molecule has 1 aromatic heterocycles. The second kappa shape index (κ2) is 10.1. The van der Waals surface area contributed by atoms with Gasteiger partial charge in [-0.15, -0.1) is 0 Å². The lowest BCUT2D eigenvalue weighted by molar-refractivity contribution is -0.0370. The van der Waals surface area contributed by atoms with Gasteiger partial charge in [0.15, 0.2) is 11.5 Å². The minimum atomic E-state index is -0.895. The fourth-order valence-corrected chi connectivity index (χ4v) is 3.39. The number of nitrogens with one attached hydrogen (secondary N) is 1. The first-order chi connectivity index (χ1) is 15.6. The van der Waals surface area contributed by atoms with E-state index >= 15 is 0 Å². The molecule has 1 heterocycles. The number of aromatic nitrogens is 2. The Morgan fingerprint density at radius 2 is 1.73 bits per heavy atom. The van der Waals surface area contributed by atoms with Crippen molar-refractivity contribution in [2.24, 2.45) is 0 Å². The van der Waals surface area contributed by atoms with E-state index in [1.807, 2.05) is 30.3 Å². The fourth-order valence-electron chi connectivity index (χ4n) is 3.26. The number of nitrogens with zero attached hydrogens (tertiary/aromatic N) is 3. The number of ether oxygens (including phenoxy) is 2. The highest BCUT2D eigenvalue weighted by Crippen LogP contribution is 2.29. The van der Waals surface area contributed by atoms with Crippen molar-refractivity contribution in [2.75, 3.05) is 38.0 Å². The maximum Gasteiger partial charge on any atom is 0.359 e.